The quantitative estimate of drug-likeness (QED) is 0.567. The maximum Gasteiger partial charge on any atom is 0.290 e. The van der Waals surface area contributed by atoms with Crippen LogP contribution in [0.25, 0.3) is 5.69 Å². The molecule has 2 aromatic carbocycles. The van der Waals surface area contributed by atoms with Crippen LogP contribution in [0.15, 0.2) is 53.0 Å². The summed E-state index contributed by atoms with van der Waals surface area (Å²) in [6.07, 6.45) is 3.30. The van der Waals surface area contributed by atoms with Crippen LogP contribution in [0.4, 0.5) is 10.1 Å². The van der Waals surface area contributed by atoms with E-state index in [-0.39, 0.29) is 11.6 Å². The van der Waals surface area contributed by atoms with Gasteiger partial charge in [0, 0.05) is 16.0 Å². The summed E-state index contributed by atoms with van der Waals surface area (Å²) in [5.74, 6) is 0.0472. The van der Waals surface area contributed by atoms with Gasteiger partial charge >= 0.3 is 0 Å². The van der Waals surface area contributed by atoms with Crippen LogP contribution in [-0.2, 0) is 0 Å². The van der Waals surface area contributed by atoms with Crippen LogP contribution in [-0.4, -0.2) is 15.7 Å². The van der Waals surface area contributed by atoms with E-state index < -0.39 is 5.82 Å². The van der Waals surface area contributed by atoms with Crippen molar-refractivity contribution in [1.29, 1.82) is 0 Å². The van der Waals surface area contributed by atoms with Crippen molar-refractivity contribution >= 4 is 27.5 Å². The van der Waals surface area contributed by atoms with Gasteiger partial charge in [0.1, 0.15) is 5.82 Å². The Morgan fingerprint density at radius 3 is 2.64 bits per heavy atom. The smallest absolute Gasteiger partial charge is 0.290 e. The average Bonchev–Trinajstić information content (AvgIpc) is 3.40. The second-order valence-electron chi connectivity index (χ2n) is 7.30. The van der Waals surface area contributed by atoms with E-state index in [9.17, 15) is 9.18 Å². The van der Waals surface area contributed by atoms with Gasteiger partial charge in [-0.2, -0.15) is 5.10 Å². The molecule has 0 spiro atoms. The number of para-hydroxylation sites is 1. The van der Waals surface area contributed by atoms with Gasteiger partial charge in [-0.1, -0.05) is 28.1 Å². The predicted octanol–water partition coefficient (Wildman–Crippen LogP) is 4.90. The second kappa shape index (κ2) is 6.74. The maximum absolute atomic E-state index is 13.8. The fourth-order valence-corrected chi connectivity index (χ4v) is 4.69. The van der Waals surface area contributed by atoms with Gasteiger partial charge in [-0.05, 0) is 61.6 Å². The van der Waals surface area contributed by atoms with Gasteiger partial charge in [-0.15, -0.1) is 0 Å². The lowest BCUT2D eigenvalue weighted by atomic mass is 9.95. The van der Waals surface area contributed by atoms with Crippen LogP contribution in [0, 0.1) is 5.82 Å². The monoisotopic (exact) mass is 440 g/mol. The van der Waals surface area contributed by atoms with Gasteiger partial charge in [0.2, 0.25) is 0 Å². The number of carbonyl (C=O) groups is 1. The third-order valence-corrected chi connectivity index (χ3v) is 6.19. The standard InChI is InChI=1S/C21H18BrFN4O/c22-14-7-9-15(10-8-14)27-20-13-6-5-12(11-13)18(20)19(26-27)21(28)25-24-17-4-2-1-3-16(17)23/h1-4,7-10,12-13,24H,5-6,11H2,(H,25,28). The van der Waals surface area contributed by atoms with Crippen molar-refractivity contribution in [3.05, 3.63) is 75.8 Å². The number of carbonyl (C=O) groups excluding carboxylic acids is 1. The number of halogens is 2. The topological polar surface area (TPSA) is 59.0 Å². The SMILES string of the molecule is O=C(NNc1ccccc1F)c1nn(-c2ccc(Br)cc2)c2c1C1CCC2C1. The van der Waals surface area contributed by atoms with Crippen molar-refractivity contribution in [3.8, 4) is 5.69 Å². The van der Waals surface area contributed by atoms with Crippen molar-refractivity contribution < 1.29 is 9.18 Å². The fourth-order valence-electron chi connectivity index (χ4n) is 4.42. The molecule has 2 atom stereocenters. The highest BCUT2D eigenvalue weighted by molar-refractivity contribution is 9.10. The molecule has 7 heteroatoms. The number of fused-ring (bicyclic) bond motifs is 5. The van der Waals surface area contributed by atoms with Crippen molar-refractivity contribution in [2.75, 3.05) is 5.43 Å². The van der Waals surface area contributed by atoms with Crippen molar-refractivity contribution in [2.45, 2.75) is 31.1 Å². The van der Waals surface area contributed by atoms with E-state index >= 15 is 0 Å². The van der Waals surface area contributed by atoms with E-state index in [0.29, 0.717) is 17.5 Å². The van der Waals surface area contributed by atoms with Crippen LogP contribution >= 0.6 is 15.9 Å². The average molecular weight is 441 g/mol. The van der Waals surface area contributed by atoms with Crippen LogP contribution in [0.2, 0.25) is 0 Å². The van der Waals surface area contributed by atoms with Gasteiger partial charge in [0.25, 0.3) is 5.91 Å². The molecule has 1 amide bonds. The third-order valence-electron chi connectivity index (χ3n) is 5.66. The Hall–Kier alpha value is -2.67. The third kappa shape index (κ3) is 2.81. The molecule has 28 heavy (non-hydrogen) atoms. The first-order valence-electron chi connectivity index (χ1n) is 9.31. The minimum absolute atomic E-state index is 0.223. The zero-order valence-corrected chi connectivity index (χ0v) is 16.5. The van der Waals surface area contributed by atoms with Gasteiger partial charge in [-0.3, -0.25) is 15.6 Å². The molecular formula is C21H18BrFN4O. The summed E-state index contributed by atoms with van der Waals surface area (Å²) in [6.45, 7) is 0. The van der Waals surface area contributed by atoms with Gasteiger partial charge in [0.05, 0.1) is 17.1 Å². The van der Waals surface area contributed by atoms with Crippen LogP contribution < -0.4 is 10.9 Å². The summed E-state index contributed by atoms with van der Waals surface area (Å²) in [7, 11) is 0. The van der Waals surface area contributed by atoms with Gasteiger partial charge in [-0.25, -0.2) is 9.07 Å². The Kier molecular flexibility index (Phi) is 4.19. The van der Waals surface area contributed by atoms with E-state index in [0.717, 1.165) is 40.7 Å². The van der Waals surface area contributed by atoms with E-state index in [1.54, 1.807) is 18.2 Å². The minimum atomic E-state index is -0.424. The molecule has 1 heterocycles. The summed E-state index contributed by atoms with van der Waals surface area (Å²) in [6, 6.07) is 14.1. The molecule has 1 aromatic heterocycles. The molecule has 2 bridgehead atoms. The van der Waals surface area contributed by atoms with E-state index in [2.05, 4.69) is 31.9 Å². The first-order valence-corrected chi connectivity index (χ1v) is 10.1. The Bertz CT molecular complexity index is 1060. The molecule has 0 radical (unpaired) electrons. The summed E-state index contributed by atoms with van der Waals surface area (Å²) in [4.78, 5) is 12.9. The van der Waals surface area contributed by atoms with E-state index in [1.165, 1.54) is 6.07 Å². The number of hydrogen-bond acceptors (Lipinski definition) is 3. The van der Waals surface area contributed by atoms with E-state index in [4.69, 9.17) is 0 Å². The predicted molar refractivity (Wildman–Crippen MR) is 108 cm³/mol. The van der Waals surface area contributed by atoms with Gasteiger partial charge in [0.15, 0.2) is 5.69 Å². The molecule has 2 aliphatic carbocycles. The zero-order chi connectivity index (χ0) is 19.3. The highest BCUT2D eigenvalue weighted by Gasteiger charge is 2.44. The number of benzene rings is 2. The van der Waals surface area contributed by atoms with Crippen LogP contribution in [0.3, 0.4) is 0 Å². The molecule has 2 unspecified atom stereocenters. The number of amides is 1. The lowest BCUT2D eigenvalue weighted by Crippen LogP contribution is -2.31. The lowest BCUT2D eigenvalue weighted by Gasteiger charge is -2.14. The summed E-state index contributed by atoms with van der Waals surface area (Å²) < 4.78 is 16.7. The Labute approximate surface area is 170 Å². The summed E-state index contributed by atoms with van der Waals surface area (Å²) in [5.41, 5.74) is 9.06. The maximum atomic E-state index is 13.8. The number of anilines is 1. The van der Waals surface area contributed by atoms with E-state index in [1.807, 2.05) is 28.9 Å². The Balaban J connectivity index is 1.49. The number of rotatable bonds is 4. The molecule has 2 N–H and O–H groups in total. The first-order chi connectivity index (χ1) is 13.6. The molecule has 0 saturated heterocycles. The number of nitrogens with zero attached hydrogens (tertiary/aromatic N) is 2. The highest BCUT2D eigenvalue weighted by atomic mass is 79.9. The number of hydrogen-bond donors (Lipinski definition) is 2. The second-order valence-corrected chi connectivity index (χ2v) is 8.22. The zero-order valence-electron chi connectivity index (χ0n) is 15.0. The van der Waals surface area contributed by atoms with Crippen molar-refractivity contribution in [1.82, 2.24) is 15.2 Å². The van der Waals surface area contributed by atoms with Gasteiger partial charge < -0.3 is 0 Å². The molecule has 1 saturated carbocycles. The number of hydrazine groups is 1. The molecule has 2 aliphatic rings. The molecule has 0 aliphatic heterocycles. The molecule has 142 valence electrons. The summed E-state index contributed by atoms with van der Waals surface area (Å²) in [5, 5.41) is 4.66. The largest absolute Gasteiger partial charge is 0.295 e. The molecule has 5 rings (SSSR count). The van der Waals surface area contributed by atoms with Crippen LogP contribution in [0.5, 0.6) is 0 Å². The van der Waals surface area contributed by atoms with Crippen molar-refractivity contribution in [2.24, 2.45) is 0 Å². The minimum Gasteiger partial charge on any atom is -0.295 e. The first kappa shape index (κ1) is 17.4. The van der Waals surface area contributed by atoms with Crippen molar-refractivity contribution in [3.63, 3.8) is 0 Å². The number of nitrogens with one attached hydrogen (secondary N) is 2. The fraction of sp³-hybridized carbons (Fsp3) is 0.238. The normalized spacial score (nSPS) is 19.5. The summed E-state index contributed by atoms with van der Waals surface area (Å²) >= 11 is 3.46. The molecule has 5 nitrogen and oxygen atoms in total. The lowest BCUT2D eigenvalue weighted by molar-refractivity contribution is 0.0956. The Morgan fingerprint density at radius 1 is 1.11 bits per heavy atom. The number of aromatic nitrogens is 2. The Morgan fingerprint density at radius 2 is 1.86 bits per heavy atom. The molecule has 1 fully saturated rings. The molecular weight excluding hydrogens is 423 g/mol. The molecule has 3 aromatic rings. The highest BCUT2D eigenvalue weighted by Crippen LogP contribution is 2.54. The van der Waals surface area contributed by atoms with Crippen LogP contribution in [0.1, 0.15) is 52.8 Å².